The van der Waals surface area contributed by atoms with E-state index in [1.165, 1.54) is 0 Å². The summed E-state index contributed by atoms with van der Waals surface area (Å²) in [5, 5.41) is 2.87. The number of carbonyl (C=O) groups is 2. The molecule has 158 valence electrons. The van der Waals surface area contributed by atoms with Crippen LogP contribution in [0.1, 0.15) is 29.2 Å². The van der Waals surface area contributed by atoms with Crippen molar-refractivity contribution in [2.75, 3.05) is 6.54 Å². The van der Waals surface area contributed by atoms with Gasteiger partial charge in [0.2, 0.25) is 11.8 Å². The lowest BCUT2D eigenvalue weighted by atomic mass is 10.0. The molecule has 2 amide bonds. The molecule has 0 bridgehead atoms. The van der Waals surface area contributed by atoms with E-state index >= 15 is 0 Å². The highest BCUT2D eigenvalue weighted by molar-refractivity contribution is 5.89. The Morgan fingerprint density at radius 3 is 1.97 bits per heavy atom. The average Bonchev–Trinajstić information content (AvgIpc) is 2.83. The van der Waals surface area contributed by atoms with Gasteiger partial charge in [-0.25, -0.2) is 0 Å². The van der Waals surface area contributed by atoms with Crippen LogP contribution in [-0.2, 0) is 22.6 Å². The summed E-state index contributed by atoms with van der Waals surface area (Å²) >= 11 is 0. The summed E-state index contributed by atoms with van der Waals surface area (Å²) < 4.78 is 0. The highest BCUT2D eigenvalue weighted by Gasteiger charge is 2.31. The summed E-state index contributed by atoms with van der Waals surface area (Å²) in [6.45, 7) is 4.38. The first-order valence-corrected chi connectivity index (χ1v) is 10.5. The van der Waals surface area contributed by atoms with Gasteiger partial charge in [-0.15, -0.1) is 6.58 Å². The smallest absolute Gasteiger partial charge is 0.247 e. The van der Waals surface area contributed by atoms with E-state index in [0.717, 1.165) is 16.7 Å². The third-order valence-electron chi connectivity index (χ3n) is 5.08. The molecular weight excluding hydrogens is 384 g/mol. The van der Waals surface area contributed by atoms with Crippen LogP contribution >= 0.6 is 0 Å². The number of nitrogens with zero attached hydrogens (tertiary/aromatic N) is 1. The average molecular weight is 413 g/mol. The molecule has 1 atom stereocenters. The molecule has 4 nitrogen and oxygen atoms in total. The summed E-state index contributed by atoms with van der Waals surface area (Å²) in [7, 11) is 0. The Labute approximate surface area is 184 Å². The molecule has 0 aromatic heterocycles. The highest BCUT2D eigenvalue weighted by atomic mass is 16.2. The molecule has 0 saturated heterocycles. The zero-order valence-corrected chi connectivity index (χ0v) is 17.6. The van der Waals surface area contributed by atoms with Crippen molar-refractivity contribution in [3.8, 4) is 0 Å². The van der Waals surface area contributed by atoms with Crippen LogP contribution < -0.4 is 5.32 Å². The Balaban J connectivity index is 1.91. The minimum atomic E-state index is -0.718. The van der Waals surface area contributed by atoms with Gasteiger partial charge in [0.05, 0.1) is 0 Å². The lowest BCUT2D eigenvalue weighted by Gasteiger charge is -2.31. The molecule has 3 rings (SSSR count). The predicted molar refractivity (Wildman–Crippen MR) is 124 cm³/mol. The second-order valence-electron chi connectivity index (χ2n) is 7.34. The molecule has 3 aromatic carbocycles. The minimum Gasteiger partial charge on any atom is -0.351 e. The van der Waals surface area contributed by atoms with Crippen LogP contribution in [0.2, 0.25) is 0 Å². The van der Waals surface area contributed by atoms with Gasteiger partial charge in [-0.2, -0.15) is 0 Å². The number of nitrogens with one attached hydrogen (secondary N) is 1. The van der Waals surface area contributed by atoms with Crippen molar-refractivity contribution in [1.29, 1.82) is 0 Å². The topological polar surface area (TPSA) is 49.4 Å². The van der Waals surface area contributed by atoms with Crippen LogP contribution in [0.5, 0.6) is 0 Å². The number of carbonyl (C=O) groups excluding carboxylic acids is 2. The van der Waals surface area contributed by atoms with Gasteiger partial charge in [0.15, 0.2) is 0 Å². The summed E-state index contributed by atoms with van der Waals surface area (Å²) in [5.74, 6) is -0.273. The van der Waals surface area contributed by atoms with E-state index in [1.54, 1.807) is 11.0 Å². The fourth-order valence-electron chi connectivity index (χ4n) is 3.52. The Morgan fingerprint density at radius 2 is 1.39 bits per heavy atom. The van der Waals surface area contributed by atoms with Crippen molar-refractivity contribution in [2.45, 2.75) is 25.4 Å². The van der Waals surface area contributed by atoms with Gasteiger partial charge < -0.3 is 10.2 Å². The van der Waals surface area contributed by atoms with Gasteiger partial charge in [0, 0.05) is 19.5 Å². The third kappa shape index (κ3) is 6.41. The van der Waals surface area contributed by atoms with Gasteiger partial charge in [-0.1, -0.05) is 97.1 Å². The quantitative estimate of drug-likeness (QED) is 0.491. The van der Waals surface area contributed by atoms with Crippen LogP contribution in [0.25, 0.3) is 0 Å². The van der Waals surface area contributed by atoms with Crippen molar-refractivity contribution in [2.24, 2.45) is 0 Å². The monoisotopic (exact) mass is 412 g/mol. The van der Waals surface area contributed by atoms with E-state index in [-0.39, 0.29) is 11.8 Å². The van der Waals surface area contributed by atoms with Crippen molar-refractivity contribution in [3.05, 3.63) is 120 Å². The van der Waals surface area contributed by atoms with E-state index in [0.29, 0.717) is 25.9 Å². The van der Waals surface area contributed by atoms with Gasteiger partial charge >= 0.3 is 0 Å². The van der Waals surface area contributed by atoms with E-state index in [1.807, 2.05) is 91.0 Å². The summed E-state index contributed by atoms with van der Waals surface area (Å²) in [4.78, 5) is 28.3. The summed E-state index contributed by atoms with van der Waals surface area (Å²) in [6, 6.07) is 28.4. The molecule has 0 saturated carbocycles. The molecule has 31 heavy (non-hydrogen) atoms. The molecule has 0 heterocycles. The molecule has 0 unspecified atom stereocenters. The first kappa shape index (κ1) is 22.0. The summed E-state index contributed by atoms with van der Waals surface area (Å²) in [5.41, 5.74) is 2.86. The highest BCUT2D eigenvalue weighted by Crippen LogP contribution is 2.25. The molecule has 0 fully saturated rings. The molecule has 4 heteroatoms. The number of rotatable bonds is 10. The lowest BCUT2D eigenvalue weighted by molar-refractivity contribution is -0.141. The molecule has 1 N–H and O–H groups in total. The Hall–Kier alpha value is -3.66. The Morgan fingerprint density at radius 1 is 0.839 bits per heavy atom. The third-order valence-corrected chi connectivity index (χ3v) is 5.08. The molecule has 0 aliphatic carbocycles. The normalized spacial score (nSPS) is 11.4. The number of benzene rings is 3. The van der Waals surface area contributed by atoms with Crippen molar-refractivity contribution in [1.82, 2.24) is 10.2 Å². The maximum atomic E-state index is 13.4. The number of hydrogen-bond donors (Lipinski definition) is 1. The zero-order valence-electron chi connectivity index (χ0n) is 17.6. The van der Waals surface area contributed by atoms with Crippen molar-refractivity contribution < 1.29 is 9.59 Å². The van der Waals surface area contributed by atoms with E-state index in [4.69, 9.17) is 0 Å². The number of amides is 2. The second kappa shape index (κ2) is 11.5. The maximum Gasteiger partial charge on any atom is 0.247 e. The molecule has 0 radical (unpaired) electrons. The van der Waals surface area contributed by atoms with Crippen LogP contribution in [0, 0.1) is 0 Å². The fraction of sp³-hybridized carbons (Fsp3) is 0.185. The van der Waals surface area contributed by atoms with E-state index in [9.17, 15) is 9.59 Å². The second-order valence-corrected chi connectivity index (χ2v) is 7.34. The van der Waals surface area contributed by atoms with Gasteiger partial charge in [-0.05, 0) is 23.1 Å². The standard InChI is InChI=1S/C27H28N2O2/c1-2-20-28-27(31)26(24-16-10-5-11-17-24)29(21-23-14-8-4-9-15-23)25(30)19-18-22-12-6-3-7-13-22/h2-17,26H,1,18-21H2,(H,28,31)/t26-/m0/s1. The van der Waals surface area contributed by atoms with E-state index in [2.05, 4.69) is 11.9 Å². The number of hydrogen-bond acceptors (Lipinski definition) is 2. The lowest BCUT2D eigenvalue weighted by Crippen LogP contribution is -2.43. The van der Waals surface area contributed by atoms with Crippen LogP contribution in [0.3, 0.4) is 0 Å². The maximum absolute atomic E-state index is 13.4. The zero-order chi connectivity index (χ0) is 21.9. The first-order chi connectivity index (χ1) is 15.2. The predicted octanol–water partition coefficient (Wildman–Crippen LogP) is 4.69. The summed E-state index contributed by atoms with van der Waals surface area (Å²) in [6.07, 6.45) is 2.59. The van der Waals surface area contributed by atoms with Crippen LogP contribution in [0.15, 0.2) is 104 Å². The molecule has 3 aromatic rings. The van der Waals surface area contributed by atoms with Gasteiger partial charge in [-0.3, -0.25) is 9.59 Å². The fourth-order valence-corrected chi connectivity index (χ4v) is 3.52. The largest absolute Gasteiger partial charge is 0.351 e. The van der Waals surface area contributed by atoms with E-state index < -0.39 is 6.04 Å². The first-order valence-electron chi connectivity index (χ1n) is 10.5. The Bertz CT molecular complexity index is 972. The Kier molecular flexibility index (Phi) is 8.18. The van der Waals surface area contributed by atoms with Crippen LogP contribution in [-0.4, -0.2) is 23.3 Å². The molecule has 0 spiro atoms. The molecule has 0 aliphatic rings. The minimum absolute atomic E-state index is 0.0599. The SMILES string of the molecule is C=CCNC(=O)[C@H](c1ccccc1)N(Cc1ccccc1)C(=O)CCc1ccccc1. The molecule has 0 aliphatic heterocycles. The van der Waals surface area contributed by atoms with Gasteiger partial charge in [0.25, 0.3) is 0 Å². The number of aryl methyl sites for hydroxylation is 1. The van der Waals surface area contributed by atoms with Crippen molar-refractivity contribution in [3.63, 3.8) is 0 Å². The van der Waals surface area contributed by atoms with Gasteiger partial charge in [0.1, 0.15) is 6.04 Å². The van der Waals surface area contributed by atoms with Crippen molar-refractivity contribution >= 4 is 11.8 Å². The molecular formula is C27H28N2O2. The van der Waals surface area contributed by atoms with Crippen LogP contribution in [0.4, 0.5) is 0 Å².